The Morgan fingerprint density at radius 2 is 1.93 bits per heavy atom. The molecule has 0 aliphatic heterocycles. The second-order valence-electron chi connectivity index (χ2n) is 6.45. The number of carbonyl (C=O) groups is 1. The Kier molecular flexibility index (Phi) is 8.74. The standard InChI is InChI=1S/C20H19BrF2N2O4S/c21-17-6-3-4-14(11-17)10-16(19(26)25-9-8-24)13-30(27,28)12-15-5-1-2-7-18(15)29-20(22)23/h1-7,11,16,20H,9-10,12-13H2,(H,25,26). The van der Waals surface area contributed by atoms with Crippen molar-refractivity contribution in [3.05, 3.63) is 64.1 Å². The molecule has 0 heterocycles. The minimum Gasteiger partial charge on any atom is -0.435 e. The molecular weight excluding hydrogens is 482 g/mol. The van der Waals surface area contributed by atoms with Gasteiger partial charge >= 0.3 is 6.61 Å². The molecule has 2 aromatic rings. The molecule has 0 bridgehead atoms. The molecule has 30 heavy (non-hydrogen) atoms. The molecule has 1 atom stereocenters. The Bertz CT molecular complexity index is 1030. The molecule has 0 aliphatic rings. The summed E-state index contributed by atoms with van der Waals surface area (Å²) in [6.45, 7) is -3.34. The molecule has 160 valence electrons. The molecule has 10 heteroatoms. The Hall–Kier alpha value is -2.51. The number of nitriles is 1. The number of rotatable bonds is 10. The molecule has 0 radical (unpaired) electrons. The number of carbonyl (C=O) groups excluding carboxylic acids is 1. The van der Waals surface area contributed by atoms with Crippen molar-refractivity contribution in [2.24, 2.45) is 5.92 Å². The zero-order valence-corrected chi connectivity index (χ0v) is 18.1. The third-order valence-electron chi connectivity index (χ3n) is 4.10. The SMILES string of the molecule is N#CCNC(=O)C(Cc1cccc(Br)c1)CS(=O)(=O)Cc1ccccc1OC(F)F. The van der Waals surface area contributed by atoms with Gasteiger partial charge in [0, 0.05) is 10.0 Å². The minimum absolute atomic E-state index is 0.0800. The number of ether oxygens (including phenoxy) is 1. The van der Waals surface area contributed by atoms with Crippen molar-refractivity contribution in [2.75, 3.05) is 12.3 Å². The summed E-state index contributed by atoms with van der Waals surface area (Å²) < 4.78 is 55.9. The van der Waals surface area contributed by atoms with Crippen molar-refractivity contribution in [1.29, 1.82) is 5.26 Å². The van der Waals surface area contributed by atoms with Gasteiger partial charge in [-0.3, -0.25) is 4.79 Å². The number of hydrogen-bond acceptors (Lipinski definition) is 5. The smallest absolute Gasteiger partial charge is 0.387 e. The highest BCUT2D eigenvalue weighted by Crippen LogP contribution is 2.24. The van der Waals surface area contributed by atoms with Crippen LogP contribution < -0.4 is 10.1 Å². The summed E-state index contributed by atoms with van der Waals surface area (Å²) in [5, 5.41) is 11.1. The first kappa shape index (κ1) is 23.8. The van der Waals surface area contributed by atoms with Crippen LogP contribution in [-0.2, 0) is 26.8 Å². The first-order valence-corrected chi connectivity index (χ1v) is 11.4. The number of nitrogens with zero attached hydrogens (tertiary/aromatic N) is 1. The second kappa shape index (κ2) is 11.0. The van der Waals surface area contributed by atoms with E-state index in [9.17, 15) is 22.0 Å². The zero-order valence-electron chi connectivity index (χ0n) is 15.7. The summed E-state index contributed by atoms with van der Waals surface area (Å²) in [4.78, 5) is 12.5. The fourth-order valence-corrected chi connectivity index (χ4v) is 5.04. The van der Waals surface area contributed by atoms with Crippen LogP contribution in [0.4, 0.5) is 8.78 Å². The van der Waals surface area contributed by atoms with Gasteiger partial charge in [0.15, 0.2) is 9.84 Å². The van der Waals surface area contributed by atoms with Crippen molar-refractivity contribution < 1.29 is 26.7 Å². The van der Waals surface area contributed by atoms with Crippen LogP contribution >= 0.6 is 15.9 Å². The highest BCUT2D eigenvalue weighted by atomic mass is 79.9. The molecule has 0 saturated heterocycles. The van der Waals surface area contributed by atoms with Gasteiger partial charge in [0.05, 0.1) is 23.5 Å². The molecule has 0 aromatic heterocycles. The quantitative estimate of drug-likeness (QED) is 0.503. The van der Waals surface area contributed by atoms with Gasteiger partial charge in [-0.05, 0) is 30.2 Å². The molecule has 6 nitrogen and oxygen atoms in total. The van der Waals surface area contributed by atoms with Gasteiger partial charge in [-0.25, -0.2) is 8.42 Å². The lowest BCUT2D eigenvalue weighted by Gasteiger charge is -2.17. The Balaban J connectivity index is 2.23. The number of amides is 1. The maximum Gasteiger partial charge on any atom is 0.387 e. The average Bonchev–Trinajstić information content (AvgIpc) is 2.66. The predicted molar refractivity (Wildman–Crippen MR) is 111 cm³/mol. The minimum atomic E-state index is -3.87. The second-order valence-corrected chi connectivity index (χ2v) is 9.47. The molecule has 0 aliphatic carbocycles. The van der Waals surface area contributed by atoms with Gasteiger partial charge in [-0.1, -0.05) is 46.3 Å². The van der Waals surface area contributed by atoms with E-state index in [0.717, 1.165) is 10.0 Å². The highest BCUT2D eigenvalue weighted by Gasteiger charge is 2.27. The first-order chi connectivity index (χ1) is 14.2. The van der Waals surface area contributed by atoms with Gasteiger partial charge in [-0.15, -0.1) is 0 Å². The number of hydrogen-bond donors (Lipinski definition) is 1. The Morgan fingerprint density at radius 3 is 2.60 bits per heavy atom. The van der Waals surface area contributed by atoms with Crippen LogP contribution in [0.1, 0.15) is 11.1 Å². The monoisotopic (exact) mass is 500 g/mol. The van der Waals surface area contributed by atoms with E-state index in [-0.39, 0.29) is 24.3 Å². The van der Waals surface area contributed by atoms with Crippen LogP contribution in [0.5, 0.6) is 5.75 Å². The summed E-state index contributed by atoms with van der Waals surface area (Å²) in [6, 6.07) is 14.5. The van der Waals surface area contributed by atoms with Crippen LogP contribution in [0, 0.1) is 17.2 Å². The van der Waals surface area contributed by atoms with Crippen molar-refractivity contribution in [3.8, 4) is 11.8 Å². The molecule has 1 unspecified atom stereocenters. The average molecular weight is 501 g/mol. The molecule has 0 spiro atoms. The summed E-state index contributed by atoms with van der Waals surface area (Å²) in [7, 11) is -3.87. The lowest BCUT2D eigenvalue weighted by atomic mass is 10.0. The number of alkyl halides is 2. The van der Waals surface area contributed by atoms with Crippen molar-refractivity contribution in [3.63, 3.8) is 0 Å². The van der Waals surface area contributed by atoms with Crippen molar-refractivity contribution in [1.82, 2.24) is 5.32 Å². The third-order valence-corrected chi connectivity index (χ3v) is 6.26. The topological polar surface area (TPSA) is 96.3 Å². The third kappa shape index (κ3) is 7.72. The summed E-state index contributed by atoms with van der Waals surface area (Å²) in [5.74, 6) is -2.83. The van der Waals surface area contributed by atoms with E-state index >= 15 is 0 Å². The van der Waals surface area contributed by atoms with Crippen LogP contribution in [0.3, 0.4) is 0 Å². The van der Waals surface area contributed by atoms with Gasteiger partial charge in [0.1, 0.15) is 12.3 Å². The predicted octanol–water partition coefficient (Wildman–Crippen LogP) is 3.46. The normalized spacial score (nSPS) is 12.2. The fraction of sp³-hybridized carbons (Fsp3) is 0.300. The maximum atomic E-state index is 12.8. The van der Waals surface area contributed by atoms with E-state index in [2.05, 4.69) is 26.0 Å². The molecule has 0 fully saturated rings. The molecule has 2 rings (SSSR count). The summed E-state index contributed by atoms with van der Waals surface area (Å²) >= 11 is 3.33. The number of benzene rings is 2. The highest BCUT2D eigenvalue weighted by molar-refractivity contribution is 9.10. The maximum absolute atomic E-state index is 12.8. The van der Waals surface area contributed by atoms with Gasteiger partial charge in [0.2, 0.25) is 5.91 Å². The molecular formula is C20H19BrF2N2O4S. The van der Waals surface area contributed by atoms with Crippen LogP contribution in [0.25, 0.3) is 0 Å². The van der Waals surface area contributed by atoms with E-state index in [1.807, 2.05) is 0 Å². The summed E-state index contributed by atoms with van der Waals surface area (Å²) in [5.41, 5.74) is 0.814. The Labute approximate surface area is 181 Å². The number of para-hydroxylation sites is 1. The van der Waals surface area contributed by atoms with E-state index < -0.39 is 39.8 Å². The first-order valence-electron chi connectivity index (χ1n) is 8.82. The number of nitrogens with one attached hydrogen (secondary N) is 1. The fourth-order valence-electron chi connectivity index (χ4n) is 2.88. The summed E-state index contributed by atoms with van der Waals surface area (Å²) in [6.07, 6.45) is 0.130. The van der Waals surface area contributed by atoms with Crippen molar-refractivity contribution >= 4 is 31.7 Å². The number of halogens is 3. The van der Waals surface area contributed by atoms with E-state index in [1.165, 1.54) is 24.3 Å². The van der Waals surface area contributed by atoms with Crippen LogP contribution in [-0.4, -0.2) is 33.2 Å². The van der Waals surface area contributed by atoms with Crippen LogP contribution in [0.2, 0.25) is 0 Å². The molecule has 1 amide bonds. The van der Waals surface area contributed by atoms with Gasteiger partial charge in [-0.2, -0.15) is 14.0 Å². The lowest BCUT2D eigenvalue weighted by Crippen LogP contribution is -2.36. The van der Waals surface area contributed by atoms with E-state index in [4.69, 9.17) is 5.26 Å². The zero-order chi connectivity index (χ0) is 22.1. The largest absolute Gasteiger partial charge is 0.435 e. The lowest BCUT2D eigenvalue weighted by molar-refractivity contribution is -0.124. The van der Waals surface area contributed by atoms with Crippen molar-refractivity contribution in [2.45, 2.75) is 18.8 Å². The molecule has 1 N–H and O–H groups in total. The number of sulfone groups is 1. The van der Waals surface area contributed by atoms with Crippen LogP contribution in [0.15, 0.2) is 53.0 Å². The van der Waals surface area contributed by atoms with Gasteiger partial charge in [0.25, 0.3) is 0 Å². The van der Waals surface area contributed by atoms with Gasteiger partial charge < -0.3 is 10.1 Å². The molecule has 2 aromatic carbocycles. The Morgan fingerprint density at radius 1 is 1.20 bits per heavy atom. The van der Waals surface area contributed by atoms with E-state index in [1.54, 1.807) is 30.3 Å². The van der Waals surface area contributed by atoms with E-state index in [0.29, 0.717) is 0 Å². The molecule has 0 saturated carbocycles.